The first-order valence-electron chi connectivity index (χ1n) is 6.24. The molecule has 0 atom stereocenters. The summed E-state index contributed by atoms with van der Waals surface area (Å²) in [6, 6.07) is 12.1. The lowest BCUT2D eigenvalue weighted by Crippen LogP contribution is -2.22. The van der Waals surface area contributed by atoms with Crippen LogP contribution in [0.5, 0.6) is 0 Å². The predicted molar refractivity (Wildman–Crippen MR) is 85.0 cm³/mol. The molecular weight excluding hydrogens is 324 g/mol. The molecule has 0 radical (unpaired) electrons. The third kappa shape index (κ3) is 3.71. The van der Waals surface area contributed by atoms with Crippen LogP contribution in [0.25, 0.3) is 0 Å². The van der Waals surface area contributed by atoms with Crippen molar-refractivity contribution in [1.82, 2.24) is 4.98 Å². The molecule has 0 aliphatic carbocycles. The van der Waals surface area contributed by atoms with E-state index in [1.54, 1.807) is 0 Å². The van der Waals surface area contributed by atoms with Gasteiger partial charge in [-0.05, 0) is 36.8 Å². The van der Waals surface area contributed by atoms with Gasteiger partial charge in [0, 0.05) is 18.1 Å². The number of nitrogens with zero attached hydrogens (tertiary/aromatic N) is 2. The Kier molecular flexibility index (Phi) is 5.23. The monoisotopic (exact) mass is 338 g/mol. The van der Waals surface area contributed by atoms with Gasteiger partial charge in [-0.15, -0.1) is 0 Å². The van der Waals surface area contributed by atoms with Crippen molar-refractivity contribution in [3.8, 4) is 0 Å². The fourth-order valence-electron chi connectivity index (χ4n) is 1.94. The molecule has 1 heterocycles. The zero-order chi connectivity index (χ0) is 13.7. The van der Waals surface area contributed by atoms with E-state index in [-0.39, 0.29) is 0 Å². The third-order valence-corrected chi connectivity index (χ3v) is 3.92. The van der Waals surface area contributed by atoms with Gasteiger partial charge in [0.2, 0.25) is 0 Å². The van der Waals surface area contributed by atoms with E-state index in [1.165, 1.54) is 5.56 Å². The van der Waals surface area contributed by atoms with Crippen LogP contribution < -0.4 is 4.90 Å². The lowest BCUT2D eigenvalue weighted by molar-refractivity contribution is 0.809. The summed E-state index contributed by atoms with van der Waals surface area (Å²) in [5.41, 5.74) is 3.28. The summed E-state index contributed by atoms with van der Waals surface area (Å²) >= 11 is 9.81. The van der Waals surface area contributed by atoms with E-state index in [1.807, 2.05) is 30.5 Å². The Hall–Kier alpha value is -1.06. The molecule has 0 N–H and O–H groups in total. The lowest BCUT2D eigenvalue weighted by Gasteiger charge is -2.24. The molecule has 0 unspecified atom stereocenters. The van der Waals surface area contributed by atoms with E-state index in [2.05, 4.69) is 44.9 Å². The quantitative estimate of drug-likeness (QED) is 0.737. The molecule has 0 saturated heterocycles. The Balaban J connectivity index is 2.22. The highest BCUT2D eigenvalue weighted by Gasteiger charge is 2.10. The van der Waals surface area contributed by atoms with Crippen molar-refractivity contribution in [2.45, 2.75) is 18.8 Å². The van der Waals surface area contributed by atoms with Crippen LogP contribution in [0.1, 0.15) is 18.2 Å². The van der Waals surface area contributed by atoms with Crippen molar-refractivity contribution in [1.29, 1.82) is 0 Å². The van der Waals surface area contributed by atoms with Crippen LogP contribution in [0.3, 0.4) is 0 Å². The molecular formula is C15H16BrClN2. The minimum atomic E-state index is 0.769. The predicted octanol–water partition coefficient (Wildman–Crippen LogP) is 4.66. The normalized spacial score (nSPS) is 10.5. The number of aromatic nitrogens is 1. The van der Waals surface area contributed by atoms with Crippen molar-refractivity contribution in [2.24, 2.45) is 0 Å². The number of halogens is 2. The zero-order valence-electron chi connectivity index (χ0n) is 10.8. The molecule has 0 fully saturated rings. The summed E-state index contributed by atoms with van der Waals surface area (Å²) in [5.74, 6) is 0. The molecule has 2 rings (SSSR count). The second kappa shape index (κ2) is 6.92. The van der Waals surface area contributed by atoms with E-state index < -0.39 is 0 Å². The van der Waals surface area contributed by atoms with Gasteiger partial charge < -0.3 is 4.90 Å². The minimum Gasteiger partial charge on any atom is -0.365 e. The largest absolute Gasteiger partial charge is 0.365 e. The number of hydrogen-bond donors (Lipinski definition) is 0. The van der Waals surface area contributed by atoms with Gasteiger partial charge in [0.25, 0.3) is 0 Å². The van der Waals surface area contributed by atoms with Gasteiger partial charge in [-0.3, -0.25) is 4.98 Å². The van der Waals surface area contributed by atoms with Crippen LogP contribution in [0.4, 0.5) is 5.69 Å². The summed E-state index contributed by atoms with van der Waals surface area (Å²) in [4.78, 5) is 6.59. The summed E-state index contributed by atoms with van der Waals surface area (Å²) in [5, 5.41) is 1.61. The molecule has 0 saturated carbocycles. The molecule has 4 heteroatoms. The van der Waals surface area contributed by atoms with E-state index in [0.29, 0.717) is 0 Å². The first-order chi connectivity index (χ1) is 9.24. The Morgan fingerprint density at radius 3 is 2.68 bits per heavy atom. The second-order valence-electron chi connectivity index (χ2n) is 4.25. The maximum Gasteiger partial charge on any atom is 0.0642 e. The highest BCUT2D eigenvalue weighted by atomic mass is 79.9. The Morgan fingerprint density at radius 1 is 1.26 bits per heavy atom. The first-order valence-corrected chi connectivity index (χ1v) is 7.73. The minimum absolute atomic E-state index is 0.769. The zero-order valence-corrected chi connectivity index (χ0v) is 13.2. The molecule has 2 nitrogen and oxygen atoms in total. The topological polar surface area (TPSA) is 16.1 Å². The van der Waals surface area contributed by atoms with E-state index in [4.69, 9.17) is 11.6 Å². The highest BCUT2D eigenvalue weighted by molar-refractivity contribution is 9.08. The van der Waals surface area contributed by atoms with Gasteiger partial charge in [-0.2, -0.15) is 0 Å². The van der Waals surface area contributed by atoms with Crippen molar-refractivity contribution < 1.29 is 0 Å². The van der Waals surface area contributed by atoms with Crippen LogP contribution in [0, 0.1) is 0 Å². The van der Waals surface area contributed by atoms with Gasteiger partial charge in [-0.1, -0.05) is 39.7 Å². The summed E-state index contributed by atoms with van der Waals surface area (Å²) in [6.45, 7) is 3.78. The van der Waals surface area contributed by atoms with Gasteiger partial charge in [-0.25, -0.2) is 0 Å². The Labute approximate surface area is 127 Å². The number of rotatable bonds is 5. The van der Waals surface area contributed by atoms with Crippen molar-refractivity contribution in [3.05, 3.63) is 58.9 Å². The Bertz CT molecular complexity index is 531. The fraction of sp³-hybridized carbons (Fsp3) is 0.267. The molecule has 1 aromatic heterocycles. The fourth-order valence-corrected chi connectivity index (χ4v) is 2.62. The maximum absolute atomic E-state index is 6.36. The molecule has 100 valence electrons. The molecule has 0 aliphatic heterocycles. The molecule has 0 spiro atoms. The number of anilines is 1. The standard InChI is InChI=1S/C15H16BrClN2/c1-2-19(11-13-5-3-4-8-18-13)15-7-6-12(10-16)9-14(15)17/h3-9H,2,10-11H2,1H3. The smallest absolute Gasteiger partial charge is 0.0642 e. The van der Waals surface area contributed by atoms with Crippen molar-refractivity contribution >= 4 is 33.2 Å². The van der Waals surface area contributed by atoms with Crippen LogP contribution in [0.2, 0.25) is 5.02 Å². The molecule has 2 aromatic rings. The van der Waals surface area contributed by atoms with Crippen LogP contribution in [-0.2, 0) is 11.9 Å². The van der Waals surface area contributed by atoms with Gasteiger partial charge in [0.05, 0.1) is 22.9 Å². The van der Waals surface area contributed by atoms with Crippen LogP contribution >= 0.6 is 27.5 Å². The lowest BCUT2D eigenvalue weighted by atomic mass is 10.2. The second-order valence-corrected chi connectivity index (χ2v) is 5.22. The number of benzene rings is 1. The summed E-state index contributed by atoms with van der Waals surface area (Å²) < 4.78 is 0. The van der Waals surface area contributed by atoms with Gasteiger partial charge >= 0.3 is 0 Å². The summed E-state index contributed by atoms with van der Waals surface area (Å²) in [7, 11) is 0. The van der Waals surface area contributed by atoms with Crippen LogP contribution in [0.15, 0.2) is 42.6 Å². The third-order valence-electron chi connectivity index (χ3n) is 2.97. The maximum atomic E-state index is 6.36. The number of pyridine rings is 1. The molecule has 0 aliphatic rings. The first kappa shape index (κ1) is 14.4. The Morgan fingerprint density at radius 2 is 2.11 bits per heavy atom. The van der Waals surface area contributed by atoms with E-state index in [0.717, 1.165) is 34.8 Å². The van der Waals surface area contributed by atoms with Gasteiger partial charge in [0.1, 0.15) is 0 Å². The SMILES string of the molecule is CCN(Cc1ccccn1)c1ccc(CBr)cc1Cl. The summed E-state index contributed by atoms with van der Waals surface area (Å²) in [6.07, 6.45) is 1.82. The molecule has 0 bridgehead atoms. The van der Waals surface area contributed by atoms with Gasteiger partial charge in [0.15, 0.2) is 0 Å². The number of alkyl halides is 1. The highest BCUT2D eigenvalue weighted by Crippen LogP contribution is 2.28. The van der Waals surface area contributed by atoms with Crippen molar-refractivity contribution in [2.75, 3.05) is 11.4 Å². The average molecular weight is 340 g/mol. The molecule has 0 amide bonds. The van der Waals surface area contributed by atoms with E-state index >= 15 is 0 Å². The van der Waals surface area contributed by atoms with Crippen LogP contribution in [-0.4, -0.2) is 11.5 Å². The number of hydrogen-bond acceptors (Lipinski definition) is 2. The molecule has 1 aromatic carbocycles. The molecule has 19 heavy (non-hydrogen) atoms. The van der Waals surface area contributed by atoms with Crippen molar-refractivity contribution in [3.63, 3.8) is 0 Å². The average Bonchev–Trinajstić information content (AvgIpc) is 2.46. The van der Waals surface area contributed by atoms with E-state index in [9.17, 15) is 0 Å².